The highest BCUT2D eigenvalue weighted by molar-refractivity contribution is 6.31. The topological polar surface area (TPSA) is 67.9 Å². The third-order valence-electron chi connectivity index (χ3n) is 3.74. The van der Waals surface area contributed by atoms with Crippen molar-refractivity contribution in [1.82, 2.24) is 15.0 Å². The van der Waals surface area contributed by atoms with Gasteiger partial charge in [0.05, 0.1) is 16.8 Å². The van der Waals surface area contributed by atoms with Gasteiger partial charge in [0.2, 0.25) is 0 Å². The molecule has 0 amide bonds. The highest BCUT2D eigenvalue weighted by atomic mass is 35.5. The summed E-state index contributed by atoms with van der Waals surface area (Å²) in [5.74, 6) is -0.407. The number of rotatable bonds is 3. The van der Waals surface area contributed by atoms with Crippen molar-refractivity contribution < 1.29 is 9.53 Å². The summed E-state index contributed by atoms with van der Waals surface area (Å²) in [6, 6.07) is 12.7. The van der Waals surface area contributed by atoms with Crippen LogP contribution < -0.4 is 0 Å². The van der Waals surface area contributed by atoms with Crippen LogP contribution in [-0.2, 0) is 11.3 Å². The van der Waals surface area contributed by atoms with Crippen molar-refractivity contribution in [2.75, 3.05) is 0 Å². The fourth-order valence-electron chi connectivity index (χ4n) is 2.57. The number of nitrogens with one attached hydrogen (secondary N) is 1. The van der Waals surface area contributed by atoms with Crippen molar-refractivity contribution in [3.63, 3.8) is 0 Å². The Hall–Kier alpha value is -2.92. The van der Waals surface area contributed by atoms with E-state index in [2.05, 4.69) is 15.0 Å². The maximum atomic E-state index is 12.3. The monoisotopic (exact) mass is 337 g/mol. The van der Waals surface area contributed by atoms with Crippen molar-refractivity contribution in [2.45, 2.75) is 6.61 Å². The number of halogens is 1. The lowest BCUT2D eigenvalue weighted by atomic mass is 10.2. The average Bonchev–Trinajstić information content (AvgIpc) is 3.08. The largest absolute Gasteiger partial charge is 0.456 e. The zero-order valence-electron chi connectivity index (χ0n) is 12.5. The Bertz CT molecular complexity index is 1060. The van der Waals surface area contributed by atoms with E-state index in [4.69, 9.17) is 16.3 Å². The van der Waals surface area contributed by atoms with Gasteiger partial charge in [-0.2, -0.15) is 0 Å². The van der Waals surface area contributed by atoms with Gasteiger partial charge in [-0.15, -0.1) is 0 Å². The predicted molar refractivity (Wildman–Crippen MR) is 92.0 cm³/mol. The van der Waals surface area contributed by atoms with E-state index in [1.54, 1.807) is 30.6 Å². The number of nitrogens with zero attached hydrogens (tertiary/aromatic N) is 2. The lowest BCUT2D eigenvalue weighted by molar-refractivity contribution is 0.0470. The minimum absolute atomic E-state index is 0.0928. The van der Waals surface area contributed by atoms with E-state index in [0.717, 1.165) is 16.3 Å². The Morgan fingerprint density at radius 1 is 1.17 bits per heavy atom. The number of fused-ring (bicyclic) bond motifs is 2. The van der Waals surface area contributed by atoms with Crippen LogP contribution in [0.25, 0.3) is 21.9 Å². The third-order valence-corrected chi connectivity index (χ3v) is 3.98. The van der Waals surface area contributed by atoms with E-state index < -0.39 is 5.97 Å². The van der Waals surface area contributed by atoms with Crippen LogP contribution in [0.15, 0.2) is 54.9 Å². The van der Waals surface area contributed by atoms with Crippen molar-refractivity contribution in [3.05, 3.63) is 71.1 Å². The molecule has 6 heteroatoms. The van der Waals surface area contributed by atoms with Crippen LogP contribution in [-0.4, -0.2) is 20.9 Å². The predicted octanol–water partition coefficient (Wildman–Crippen LogP) is 4.12. The molecule has 0 bridgehead atoms. The summed E-state index contributed by atoms with van der Waals surface area (Å²) in [6.45, 7) is 0.0928. The Morgan fingerprint density at radius 2 is 2.04 bits per heavy atom. The maximum absolute atomic E-state index is 12.3. The number of hydrogen-bond acceptors (Lipinski definition) is 4. The molecule has 4 aromatic rings. The molecule has 1 aromatic carbocycles. The van der Waals surface area contributed by atoms with Gasteiger partial charge in [-0.3, -0.25) is 0 Å². The Morgan fingerprint density at radius 3 is 2.96 bits per heavy atom. The molecule has 0 saturated heterocycles. The number of esters is 1. The van der Waals surface area contributed by atoms with Crippen LogP contribution in [0, 0.1) is 0 Å². The number of carbonyl (C=O) groups is 1. The van der Waals surface area contributed by atoms with Gasteiger partial charge in [0, 0.05) is 28.2 Å². The molecule has 0 fully saturated rings. The molecule has 0 unspecified atom stereocenters. The number of carbonyl (C=O) groups excluding carboxylic acids is 1. The second-order valence-electron chi connectivity index (χ2n) is 5.31. The summed E-state index contributed by atoms with van der Waals surface area (Å²) in [6.07, 6.45) is 3.31. The van der Waals surface area contributed by atoms with Crippen molar-refractivity contribution in [1.29, 1.82) is 0 Å². The first-order chi connectivity index (χ1) is 11.7. The fourth-order valence-corrected chi connectivity index (χ4v) is 2.74. The number of benzene rings is 1. The number of hydrogen-bond donors (Lipinski definition) is 1. The molecule has 4 rings (SSSR count). The van der Waals surface area contributed by atoms with E-state index in [9.17, 15) is 4.79 Å². The Labute approximate surface area is 142 Å². The van der Waals surface area contributed by atoms with Crippen LogP contribution in [0.2, 0.25) is 5.02 Å². The molecule has 0 aliphatic heterocycles. The summed E-state index contributed by atoms with van der Waals surface area (Å²) >= 11 is 5.99. The fraction of sp³-hybridized carbons (Fsp3) is 0.0556. The molecule has 3 heterocycles. The SMILES string of the molecule is O=C(OCc1ccc2ccc(Cl)cc2n1)c1ccnc2[nH]ccc12. The number of pyridine rings is 2. The van der Waals surface area contributed by atoms with E-state index in [0.29, 0.717) is 21.9 Å². The molecule has 0 atom stereocenters. The molecule has 0 aliphatic rings. The summed E-state index contributed by atoms with van der Waals surface area (Å²) in [5.41, 5.74) is 2.57. The molecule has 1 N–H and O–H groups in total. The van der Waals surface area contributed by atoms with Crippen molar-refractivity contribution >= 4 is 39.5 Å². The lowest BCUT2D eigenvalue weighted by Crippen LogP contribution is -2.07. The van der Waals surface area contributed by atoms with Gasteiger partial charge in [0.25, 0.3) is 0 Å². The van der Waals surface area contributed by atoms with E-state index in [1.165, 1.54) is 0 Å². The van der Waals surface area contributed by atoms with Crippen LogP contribution in [0.5, 0.6) is 0 Å². The summed E-state index contributed by atoms with van der Waals surface area (Å²) in [5, 5.41) is 2.34. The molecule has 24 heavy (non-hydrogen) atoms. The first kappa shape index (κ1) is 14.7. The second kappa shape index (κ2) is 5.94. The van der Waals surface area contributed by atoms with Gasteiger partial charge in [0.1, 0.15) is 12.3 Å². The second-order valence-corrected chi connectivity index (χ2v) is 5.75. The average molecular weight is 338 g/mol. The maximum Gasteiger partial charge on any atom is 0.339 e. The van der Waals surface area contributed by atoms with E-state index in [-0.39, 0.29) is 6.61 Å². The molecular formula is C18H12ClN3O2. The van der Waals surface area contributed by atoms with Gasteiger partial charge in [-0.1, -0.05) is 23.7 Å². The van der Waals surface area contributed by atoms with Gasteiger partial charge in [0.15, 0.2) is 0 Å². The van der Waals surface area contributed by atoms with Crippen LogP contribution in [0.1, 0.15) is 16.1 Å². The van der Waals surface area contributed by atoms with Crippen LogP contribution in [0.3, 0.4) is 0 Å². The normalized spacial score (nSPS) is 11.0. The van der Waals surface area contributed by atoms with Crippen molar-refractivity contribution in [3.8, 4) is 0 Å². The molecule has 5 nitrogen and oxygen atoms in total. The van der Waals surface area contributed by atoms with Gasteiger partial charge in [-0.25, -0.2) is 14.8 Å². The molecule has 118 valence electrons. The Kier molecular flexibility index (Phi) is 3.63. The Balaban J connectivity index is 1.56. The van der Waals surface area contributed by atoms with Gasteiger partial charge >= 0.3 is 5.97 Å². The van der Waals surface area contributed by atoms with Gasteiger partial charge < -0.3 is 9.72 Å². The summed E-state index contributed by atoms with van der Waals surface area (Å²) < 4.78 is 5.39. The summed E-state index contributed by atoms with van der Waals surface area (Å²) in [4.78, 5) is 23.9. The first-order valence-corrected chi connectivity index (χ1v) is 7.73. The van der Waals surface area contributed by atoms with Gasteiger partial charge in [-0.05, 0) is 30.3 Å². The summed E-state index contributed by atoms with van der Waals surface area (Å²) in [7, 11) is 0. The van der Waals surface area contributed by atoms with E-state index >= 15 is 0 Å². The lowest BCUT2D eigenvalue weighted by Gasteiger charge is -2.06. The highest BCUT2D eigenvalue weighted by Crippen LogP contribution is 2.19. The zero-order valence-corrected chi connectivity index (χ0v) is 13.2. The van der Waals surface area contributed by atoms with Crippen LogP contribution in [0.4, 0.5) is 0 Å². The molecule has 0 spiro atoms. The number of aromatic nitrogens is 3. The number of ether oxygens (including phenoxy) is 1. The van der Waals surface area contributed by atoms with E-state index in [1.807, 2.05) is 24.3 Å². The van der Waals surface area contributed by atoms with Crippen molar-refractivity contribution in [2.24, 2.45) is 0 Å². The highest BCUT2D eigenvalue weighted by Gasteiger charge is 2.13. The minimum atomic E-state index is -0.407. The minimum Gasteiger partial charge on any atom is -0.456 e. The molecule has 0 radical (unpaired) electrons. The molecule has 0 aliphatic carbocycles. The zero-order chi connectivity index (χ0) is 16.5. The standard InChI is InChI=1S/C18H12ClN3O2/c19-12-3-1-11-2-4-13(22-16(11)9-12)10-24-18(23)15-6-8-21-17-14(15)5-7-20-17/h1-9H,10H2,(H,20,21). The molecular weight excluding hydrogens is 326 g/mol. The number of aromatic amines is 1. The first-order valence-electron chi connectivity index (χ1n) is 7.35. The van der Waals surface area contributed by atoms with Crippen LogP contribution >= 0.6 is 11.6 Å². The number of H-pyrrole nitrogens is 1. The molecule has 3 aromatic heterocycles. The quantitative estimate of drug-likeness (QED) is 0.571. The smallest absolute Gasteiger partial charge is 0.339 e. The third kappa shape index (κ3) is 2.70. The molecule has 0 saturated carbocycles.